The molecule has 0 aliphatic rings. The number of rotatable bonds is 11. The van der Waals surface area contributed by atoms with Crippen molar-refractivity contribution in [3.05, 3.63) is 107 Å². The lowest BCUT2D eigenvalue weighted by molar-refractivity contribution is -0.115. The minimum Gasteiger partial charge on any atom is -0.387 e. The Morgan fingerprint density at radius 2 is 1.69 bits per heavy atom. The highest BCUT2D eigenvalue weighted by Crippen LogP contribution is 2.13. The zero-order chi connectivity index (χ0) is 24.5. The molecule has 4 rings (SSSR count). The molecule has 0 saturated heterocycles. The molecular weight excluding hydrogens is 447 g/mol. The molecule has 180 valence electrons. The number of halogens is 1. The highest BCUT2D eigenvalue weighted by molar-refractivity contribution is 5.91. The van der Waals surface area contributed by atoms with E-state index in [1.165, 1.54) is 16.8 Å². The number of hydrogen-bond acceptors (Lipinski definition) is 6. The number of aliphatic hydroxyl groups excluding tert-OH is 1. The topological polar surface area (TPSA) is 105 Å². The molecule has 35 heavy (non-hydrogen) atoms. The first kappa shape index (κ1) is 24.2. The number of nitrogens with one attached hydrogen (secondary N) is 2. The van der Waals surface area contributed by atoms with Gasteiger partial charge in [-0.3, -0.25) is 4.79 Å². The van der Waals surface area contributed by atoms with Gasteiger partial charge in [-0.15, -0.1) is 5.10 Å². The number of anilines is 1. The van der Waals surface area contributed by atoms with E-state index >= 15 is 0 Å². The molecule has 0 saturated carbocycles. The predicted molar refractivity (Wildman–Crippen MR) is 130 cm³/mol. The van der Waals surface area contributed by atoms with Crippen molar-refractivity contribution in [3.63, 3.8) is 0 Å². The quantitative estimate of drug-likeness (QED) is 0.289. The summed E-state index contributed by atoms with van der Waals surface area (Å²) in [4.78, 5) is 12.5. The summed E-state index contributed by atoms with van der Waals surface area (Å²) in [5.41, 5.74) is 3.53. The zero-order valence-corrected chi connectivity index (χ0v) is 19.1. The molecule has 0 aliphatic carbocycles. The molecule has 9 heteroatoms. The molecular formula is C26H27FN6O2. The van der Waals surface area contributed by atoms with Crippen LogP contribution in [0, 0.1) is 5.82 Å². The number of nitrogens with zero attached hydrogens (tertiary/aromatic N) is 4. The number of benzene rings is 3. The Morgan fingerprint density at radius 1 is 0.971 bits per heavy atom. The molecule has 3 aromatic carbocycles. The predicted octanol–water partition coefficient (Wildman–Crippen LogP) is 2.91. The fraction of sp³-hybridized carbons (Fsp3) is 0.231. The first-order valence-corrected chi connectivity index (χ1v) is 11.4. The van der Waals surface area contributed by atoms with Crippen LogP contribution >= 0.6 is 0 Å². The first-order chi connectivity index (χ1) is 17.1. The lowest BCUT2D eigenvalue weighted by Gasteiger charge is -2.12. The summed E-state index contributed by atoms with van der Waals surface area (Å²) in [7, 11) is 0. The molecule has 1 unspecified atom stereocenters. The van der Waals surface area contributed by atoms with Gasteiger partial charge in [0, 0.05) is 12.2 Å². The van der Waals surface area contributed by atoms with Crippen LogP contribution in [0.2, 0.25) is 0 Å². The van der Waals surface area contributed by atoms with Gasteiger partial charge in [-0.1, -0.05) is 54.6 Å². The normalized spacial score (nSPS) is 11.8. The van der Waals surface area contributed by atoms with Crippen LogP contribution in [0.4, 0.5) is 10.1 Å². The molecule has 0 bridgehead atoms. The fourth-order valence-corrected chi connectivity index (χ4v) is 3.60. The van der Waals surface area contributed by atoms with Gasteiger partial charge in [0.05, 0.1) is 19.1 Å². The average molecular weight is 475 g/mol. The van der Waals surface area contributed by atoms with Gasteiger partial charge in [-0.05, 0) is 64.3 Å². The molecule has 0 aliphatic heterocycles. The van der Waals surface area contributed by atoms with E-state index in [0.717, 1.165) is 29.7 Å². The van der Waals surface area contributed by atoms with Crippen molar-refractivity contribution >= 4 is 11.6 Å². The van der Waals surface area contributed by atoms with Gasteiger partial charge < -0.3 is 15.7 Å². The summed E-state index contributed by atoms with van der Waals surface area (Å²) in [5, 5.41) is 27.9. The Balaban J connectivity index is 1.21. The van der Waals surface area contributed by atoms with Crippen molar-refractivity contribution in [2.45, 2.75) is 25.5 Å². The molecule has 1 atom stereocenters. The minimum absolute atomic E-state index is 0.0175. The van der Waals surface area contributed by atoms with Crippen molar-refractivity contribution < 1.29 is 14.3 Å². The number of aromatic nitrogens is 4. The molecule has 0 spiro atoms. The molecule has 4 aromatic rings. The van der Waals surface area contributed by atoms with E-state index in [-0.39, 0.29) is 18.1 Å². The number of amides is 1. The van der Waals surface area contributed by atoms with Crippen LogP contribution in [-0.2, 0) is 24.2 Å². The van der Waals surface area contributed by atoms with Crippen molar-refractivity contribution in [1.82, 2.24) is 25.5 Å². The van der Waals surface area contributed by atoms with Crippen molar-refractivity contribution in [1.29, 1.82) is 0 Å². The Labute approximate surface area is 202 Å². The summed E-state index contributed by atoms with van der Waals surface area (Å²) in [6.07, 6.45) is 0.280. The molecule has 3 N–H and O–H groups in total. The van der Waals surface area contributed by atoms with Gasteiger partial charge in [0.2, 0.25) is 5.91 Å². The number of tetrazole rings is 1. The molecule has 0 radical (unpaired) electrons. The van der Waals surface area contributed by atoms with Crippen LogP contribution in [-0.4, -0.2) is 44.3 Å². The van der Waals surface area contributed by atoms with Crippen molar-refractivity contribution in [2.24, 2.45) is 0 Å². The van der Waals surface area contributed by atoms with Crippen LogP contribution in [0.15, 0.2) is 78.9 Å². The van der Waals surface area contributed by atoms with Crippen LogP contribution < -0.4 is 10.6 Å². The third-order valence-electron chi connectivity index (χ3n) is 5.52. The van der Waals surface area contributed by atoms with E-state index in [0.29, 0.717) is 24.6 Å². The smallest absolute Gasteiger partial charge is 0.232 e. The third kappa shape index (κ3) is 7.26. The van der Waals surface area contributed by atoms with E-state index in [1.807, 2.05) is 54.6 Å². The van der Waals surface area contributed by atoms with E-state index < -0.39 is 6.10 Å². The Morgan fingerprint density at radius 3 is 2.43 bits per heavy atom. The summed E-state index contributed by atoms with van der Waals surface area (Å²) in [5.74, 6) is -0.120. The van der Waals surface area contributed by atoms with E-state index in [1.54, 1.807) is 12.1 Å². The zero-order valence-electron chi connectivity index (χ0n) is 19.1. The third-order valence-corrected chi connectivity index (χ3v) is 5.52. The standard InChI is InChI=1S/C26H27FN6O2/c27-22-10-6-20(7-11-22)18-33-25(30-31-32-33)16-26(35)29-23-12-8-19(9-13-23)14-15-28-17-24(34)21-4-2-1-3-5-21/h1-13,24,28,34H,14-18H2,(H,29,35). The maximum atomic E-state index is 13.1. The van der Waals surface area contributed by atoms with Gasteiger partial charge >= 0.3 is 0 Å². The van der Waals surface area contributed by atoms with Crippen LogP contribution in [0.3, 0.4) is 0 Å². The average Bonchev–Trinajstić information content (AvgIpc) is 3.30. The molecule has 1 amide bonds. The summed E-state index contributed by atoms with van der Waals surface area (Å²) in [6, 6.07) is 23.3. The number of aliphatic hydroxyl groups is 1. The maximum absolute atomic E-state index is 13.1. The van der Waals surface area contributed by atoms with Gasteiger partial charge in [-0.25, -0.2) is 9.07 Å². The van der Waals surface area contributed by atoms with Gasteiger partial charge in [0.1, 0.15) is 5.82 Å². The summed E-state index contributed by atoms with van der Waals surface area (Å²) < 4.78 is 14.6. The van der Waals surface area contributed by atoms with E-state index in [9.17, 15) is 14.3 Å². The first-order valence-electron chi connectivity index (χ1n) is 11.4. The Bertz CT molecular complexity index is 1210. The largest absolute Gasteiger partial charge is 0.387 e. The van der Waals surface area contributed by atoms with E-state index in [4.69, 9.17) is 0 Å². The summed E-state index contributed by atoms with van der Waals surface area (Å²) >= 11 is 0. The SMILES string of the molecule is O=C(Cc1nnnn1Cc1ccc(F)cc1)Nc1ccc(CCNCC(O)c2ccccc2)cc1. The second kappa shape index (κ2) is 12.0. The number of hydrogen-bond donors (Lipinski definition) is 3. The second-order valence-corrected chi connectivity index (χ2v) is 8.18. The number of carbonyl (C=O) groups is 1. The second-order valence-electron chi connectivity index (χ2n) is 8.18. The maximum Gasteiger partial charge on any atom is 0.232 e. The van der Waals surface area contributed by atoms with Gasteiger partial charge in [-0.2, -0.15) is 0 Å². The molecule has 1 aromatic heterocycles. The summed E-state index contributed by atoms with van der Waals surface area (Å²) in [6.45, 7) is 1.56. The molecule has 8 nitrogen and oxygen atoms in total. The number of carbonyl (C=O) groups excluding carboxylic acids is 1. The van der Waals surface area contributed by atoms with Gasteiger partial charge in [0.15, 0.2) is 5.82 Å². The fourth-order valence-electron chi connectivity index (χ4n) is 3.60. The van der Waals surface area contributed by atoms with Crippen LogP contribution in [0.1, 0.15) is 28.6 Å². The molecule has 0 fully saturated rings. The molecule has 1 heterocycles. The highest BCUT2D eigenvalue weighted by atomic mass is 19.1. The van der Waals surface area contributed by atoms with Gasteiger partial charge in [0.25, 0.3) is 0 Å². The lowest BCUT2D eigenvalue weighted by atomic mass is 10.1. The van der Waals surface area contributed by atoms with Crippen LogP contribution in [0.5, 0.6) is 0 Å². The van der Waals surface area contributed by atoms with Crippen LogP contribution in [0.25, 0.3) is 0 Å². The monoisotopic (exact) mass is 474 g/mol. The Kier molecular flexibility index (Phi) is 8.26. The van der Waals surface area contributed by atoms with Crippen molar-refractivity contribution in [2.75, 3.05) is 18.4 Å². The van der Waals surface area contributed by atoms with E-state index in [2.05, 4.69) is 26.2 Å². The Hall–Kier alpha value is -3.95. The van der Waals surface area contributed by atoms with Crippen molar-refractivity contribution in [3.8, 4) is 0 Å². The minimum atomic E-state index is -0.537. The lowest BCUT2D eigenvalue weighted by Crippen LogP contribution is -2.23. The highest BCUT2D eigenvalue weighted by Gasteiger charge is 2.12.